The van der Waals surface area contributed by atoms with Crippen LogP contribution in [-0.4, -0.2) is 40.3 Å². The number of anilines is 1. The minimum absolute atomic E-state index is 0.145. The van der Waals surface area contributed by atoms with E-state index in [0.29, 0.717) is 11.4 Å². The summed E-state index contributed by atoms with van der Waals surface area (Å²) in [6, 6.07) is 5.41. The molecule has 0 spiro atoms. The second-order valence-corrected chi connectivity index (χ2v) is 8.25. The number of carbonyl (C=O) groups is 1. The van der Waals surface area contributed by atoms with Gasteiger partial charge in [-0.2, -0.15) is 0 Å². The van der Waals surface area contributed by atoms with Gasteiger partial charge in [0, 0.05) is 6.04 Å². The summed E-state index contributed by atoms with van der Waals surface area (Å²) in [6.07, 6.45) is 6.42. The number of nitrogens with one attached hydrogen (secondary N) is 1. The van der Waals surface area contributed by atoms with E-state index in [9.17, 15) is 13.2 Å². The summed E-state index contributed by atoms with van der Waals surface area (Å²) in [6.45, 7) is 1.63. The summed E-state index contributed by atoms with van der Waals surface area (Å²) in [5.74, 6) is 0.146. The van der Waals surface area contributed by atoms with Crippen LogP contribution in [0, 0.1) is 6.92 Å². The Balaban J connectivity index is 2.20. The summed E-state index contributed by atoms with van der Waals surface area (Å²) in [5, 5.41) is 2.96. The SMILES string of the molecule is COc1ccc(C)cc1N(CC(=O)NC1CCCCC1)S(C)(=O)=O. The van der Waals surface area contributed by atoms with Gasteiger partial charge in [0.2, 0.25) is 15.9 Å². The molecule has 0 saturated heterocycles. The number of nitrogens with zero attached hydrogens (tertiary/aromatic N) is 1. The zero-order valence-corrected chi connectivity index (χ0v) is 15.4. The molecule has 0 radical (unpaired) electrons. The zero-order chi connectivity index (χ0) is 17.7. The van der Waals surface area contributed by atoms with Crippen molar-refractivity contribution < 1.29 is 17.9 Å². The first-order valence-corrected chi connectivity index (χ1v) is 10.1. The normalized spacial score (nSPS) is 15.8. The van der Waals surface area contributed by atoms with Gasteiger partial charge < -0.3 is 10.1 Å². The number of sulfonamides is 1. The Morgan fingerprint density at radius 1 is 1.29 bits per heavy atom. The Morgan fingerprint density at radius 2 is 1.96 bits per heavy atom. The Hall–Kier alpha value is -1.76. The lowest BCUT2D eigenvalue weighted by molar-refractivity contribution is -0.120. The highest BCUT2D eigenvalue weighted by Gasteiger charge is 2.25. The molecule has 24 heavy (non-hydrogen) atoms. The summed E-state index contributed by atoms with van der Waals surface area (Å²) in [4.78, 5) is 12.4. The van der Waals surface area contributed by atoms with Gasteiger partial charge in [0.25, 0.3) is 0 Å². The maximum absolute atomic E-state index is 12.4. The molecule has 0 unspecified atom stereocenters. The fraction of sp³-hybridized carbons (Fsp3) is 0.588. The van der Waals surface area contributed by atoms with Crippen molar-refractivity contribution in [1.29, 1.82) is 0 Å². The van der Waals surface area contributed by atoms with Gasteiger partial charge in [0.15, 0.2) is 0 Å². The monoisotopic (exact) mass is 354 g/mol. The molecule has 0 bridgehead atoms. The molecule has 1 amide bonds. The summed E-state index contributed by atoms with van der Waals surface area (Å²) in [7, 11) is -2.13. The molecule has 6 nitrogen and oxygen atoms in total. The van der Waals surface area contributed by atoms with Crippen LogP contribution < -0.4 is 14.4 Å². The number of ether oxygens (including phenoxy) is 1. The molecular formula is C17H26N2O4S. The van der Waals surface area contributed by atoms with Crippen LogP contribution in [0.3, 0.4) is 0 Å². The molecule has 1 aliphatic carbocycles. The van der Waals surface area contributed by atoms with Crippen LogP contribution in [0.5, 0.6) is 5.75 Å². The third-order valence-corrected chi connectivity index (χ3v) is 5.39. The minimum Gasteiger partial charge on any atom is -0.495 e. The van der Waals surface area contributed by atoms with E-state index in [4.69, 9.17) is 4.74 Å². The molecule has 134 valence electrons. The standard InChI is InChI=1S/C17H26N2O4S/c1-13-9-10-16(23-2)15(11-13)19(24(3,21)22)12-17(20)18-14-7-5-4-6-8-14/h9-11,14H,4-8,12H2,1-3H3,(H,18,20). The first-order valence-electron chi connectivity index (χ1n) is 8.23. The van der Waals surface area contributed by atoms with Crippen molar-refractivity contribution in [3.63, 3.8) is 0 Å². The van der Waals surface area contributed by atoms with Gasteiger partial charge in [-0.05, 0) is 37.5 Å². The topological polar surface area (TPSA) is 75.7 Å². The first kappa shape index (κ1) is 18.6. The number of methoxy groups -OCH3 is 1. The summed E-state index contributed by atoms with van der Waals surface area (Å²) >= 11 is 0. The van der Waals surface area contributed by atoms with Gasteiger partial charge in [-0.1, -0.05) is 25.3 Å². The molecule has 1 fully saturated rings. The second kappa shape index (κ2) is 7.88. The molecule has 1 aromatic rings. The van der Waals surface area contributed by atoms with Crippen LogP contribution in [0.25, 0.3) is 0 Å². The molecule has 1 aromatic carbocycles. The summed E-state index contributed by atoms with van der Waals surface area (Å²) < 4.78 is 30.8. The van der Waals surface area contributed by atoms with E-state index in [1.807, 2.05) is 13.0 Å². The number of rotatable bonds is 6. The van der Waals surface area contributed by atoms with E-state index < -0.39 is 10.0 Å². The Morgan fingerprint density at radius 3 is 2.54 bits per heavy atom. The van der Waals surface area contributed by atoms with Gasteiger partial charge in [-0.3, -0.25) is 9.10 Å². The number of aryl methyl sites for hydroxylation is 1. The molecule has 7 heteroatoms. The van der Waals surface area contributed by atoms with Crippen molar-refractivity contribution >= 4 is 21.6 Å². The quantitative estimate of drug-likeness (QED) is 0.850. The van der Waals surface area contributed by atoms with E-state index in [-0.39, 0.29) is 18.5 Å². The van der Waals surface area contributed by atoms with E-state index >= 15 is 0 Å². The molecule has 1 saturated carbocycles. The van der Waals surface area contributed by atoms with Crippen LogP contribution >= 0.6 is 0 Å². The summed E-state index contributed by atoms with van der Waals surface area (Å²) in [5.41, 5.74) is 1.28. The van der Waals surface area contributed by atoms with Gasteiger partial charge >= 0.3 is 0 Å². The van der Waals surface area contributed by atoms with Crippen molar-refractivity contribution in [3.8, 4) is 5.75 Å². The Kier molecular flexibility index (Phi) is 6.10. The van der Waals surface area contributed by atoms with E-state index in [1.54, 1.807) is 12.1 Å². The van der Waals surface area contributed by atoms with Crippen molar-refractivity contribution in [2.24, 2.45) is 0 Å². The molecule has 0 atom stereocenters. The number of benzene rings is 1. The number of carbonyl (C=O) groups excluding carboxylic acids is 1. The van der Waals surface area contributed by atoms with Crippen molar-refractivity contribution in [2.45, 2.75) is 45.1 Å². The average Bonchev–Trinajstić information content (AvgIpc) is 2.52. The van der Waals surface area contributed by atoms with Crippen molar-refractivity contribution in [2.75, 3.05) is 24.2 Å². The van der Waals surface area contributed by atoms with Crippen LogP contribution in [0.1, 0.15) is 37.7 Å². The number of amides is 1. The smallest absolute Gasteiger partial charge is 0.240 e. The minimum atomic E-state index is -3.61. The molecular weight excluding hydrogens is 328 g/mol. The third-order valence-electron chi connectivity index (χ3n) is 4.26. The Labute approximate surface area is 144 Å². The van der Waals surface area contributed by atoms with Gasteiger partial charge in [-0.15, -0.1) is 0 Å². The average molecular weight is 354 g/mol. The lowest BCUT2D eigenvalue weighted by Gasteiger charge is -2.27. The fourth-order valence-electron chi connectivity index (χ4n) is 3.03. The van der Waals surface area contributed by atoms with E-state index in [0.717, 1.165) is 41.8 Å². The zero-order valence-electron chi connectivity index (χ0n) is 14.5. The van der Waals surface area contributed by atoms with Gasteiger partial charge in [0.1, 0.15) is 12.3 Å². The third kappa shape index (κ3) is 4.87. The molecule has 1 aliphatic rings. The first-order chi connectivity index (χ1) is 11.3. The van der Waals surface area contributed by atoms with Crippen LogP contribution in [0.15, 0.2) is 18.2 Å². The van der Waals surface area contributed by atoms with Crippen molar-refractivity contribution in [1.82, 2.24) is 5.32 Å². The highest BCUT2D eigenvalue weighted by Crippen LogP contribution is 2.30. The highest BCUT2D eigenvalue weighted by atomic mass is 32.2. The maximum atomic E-state index is 12.4. The van der Waals surface area contributed by atoms with Crippen molar-refractivity contribution in [3.05, 3.63) is 23.8 Å². The Bertz CT molecular complexity index is 682. The highest BCUT2D eigenvalue weighted by molar-refractivity contribution is 7.92. The van der Waals surface area contributed by atoms with Crippen LogP contribution in [-0.2, 0) is 14.8 Å². The molecule has 0 aromatic heterocycles. The predicted molar refractivity (Wildman–Crippen MR) is 94.9 cm³/mol. The van der Waals surface area contributed by atoms with Crippen LogP contribution in [0.4, 0.5) is 5.69 Å². The lowest BCUT2D eigenvalue weighted by Crippen LogP contribution is -2.44. The molecule has 0 aliphatic heterocycles. The fourth-order valence-corrected chi connectivity index (χ4v) is 3.88. The lowest BCUT2D eigenvalue weighted by atomic mass is 9.95. The van der Waals surface area contributed by atoms with E-state index in [2.05, 4.69) is 5.32 Å². The number of hydrogen-bond acceptors (Lipinski definition) is 4. The molecule has 0 heterocycles. The largest absolute Gasteiger partial charge is 0.495 e. The predicted octanol–water partition coefficient (Wildman–Crippen LogP) is 2.22. The maximum Gasteiger partial charge on any atom is 0.240 e. The van der Waals surface area contributed by atoms with Crippen LogP contribution in [0.2, 0.25) is 0 Å². The second-order valence-electron chi connectivity index (χ2n) is 6.35. The van der Waals surface area contributed by atoms with Gasteiger partial charge in [0.05, 0.1) is 19.1 Å². The number of hydrogen-bond donors (Lipinski definition) is 1. The van der Waals surface area contributed by atoms with E-state index in [1.165, 1.54) is 13.5 Å². The molecule has 2 rings (SSSR count). The molecule has 1 N–H and O–H groups in total. The van der Waals surface area contributed by atoms with Gasteiger partial charge in [-0.25, -0.2) is 8.42 Å².